The molecule has 0 aromatic carbocycles. The molecule has 2 fully saturated rings. The van der Waals surface area contributed by atoms with Crippen LogP contribution in [0.25, 0.3) is 0 Å². The van der Waals surface area contributed by atoms with Gasteiger partial charge in [-0.05, 0) is 50.5 Å². The van der Waals surface area contributed by atoms with E-state index in [0.29, 0.717) is 0 Å². The van der Waals surface area contributed by atoms with Gasteiger partial charge in [0.05, 0.1) is 0 Å². The lowest BCUT2D eigenvalue weighted by Crippen LogP contribution is -2.31. The van der Waals surface area contributed by atoms with Gasteiger partial charge in [-0.2, -0.15) is 0 Å². The van der Waals surface area contributed by atoms with E-state index >= 15 is 0 Å². The van der Waals surface area contributed by atoms with Crippen LogP contribution < -0.4 is 5.32 Å². The fraction of sp³-hybridized carbons (Fsp3) is 1.00. The molecule has 0 heterocycles. The van der Waals surface area contributed by atoms with Gasteiger partial charge in [0.25, 0.3) is 0 Å². The Morgan fingerprint density at radius 2 is 1.81 bits per heavy atom. The zero-order valence-electron chi connectivity index (χ0n) is 10.7. The maximum atomic E-state index is 5.16. The first-order valence-electron chi connectivity index (χ1n) is 7.12. The molecule has 2 saturated carbocycles. The first-order valence-corrected chi connectivity index (χ1v) is 7.12. The molecule has 0 amide bonds. The Balaban J connectivity index is 1.67. The zero-order chi connectivity index (χ0) is 11.2. The van der Waals surface area contributed by atoms with E-state index < -0.39 is 0 Å². The second-order valence-electron chi connectivity index (χ2n) is 5.62. The lowest BCUT2D eigenvalue weighted by Gasteiger charge is -2.32. The average Bonchev–Trinajstić information content (AvgIpc) is 3.12. The van der Waals surface area contributed by atoms with Gasteiger partial charge in [0, 0.05) is 19.8 Å². The van der Waals surface area contributed by atoms with Crippen LogP contribution in [0.5, 0.6) is 0 Å². The lowest BCUT2D eigenvalue weighted by atomic mass is 9.77. The van der Waals surface area contributed by atoms with E-state index in [9.17, 15) is 0 Å². The summed E-state index contributed by atoms with van der Waals surface area (Å²) in [6, 6.07) is 0.876. The Bertz CT molecular complexity index is 191. The van der Waals surface area contributed by atoms with Crippen molar-refractivity contribution in [2.45, 2.75) is 57.4 Å². The maximum absolute atomic E-state index is 5.16. The third kappa shape index (κ3) is 4.06. The Labute approximate surface area is 100 Å². The molecule has 0 aromatic heterocycles. The van der Waals surface area contributed by atoms with E-state index in [4.69, 9.17) is 4.74 Å². The molecule has 2 atom stereocenters. The van der Waals surface area contributed by atoms with Gasteiger partial charge in [-0.15, -0.1) is 0 Å². The van der Waals surface area contributed by atoms with Crippen molar-refractivity contribution in [3.8, 4) is 0 Å². The molecule has 0 spiro atoms. The van der Waals surface area contributed by atoms with Crippen LogP contribution in [0.2, 0.25) is 0 Å². The fourth-order valence-electron chi connectivity index (χ4n) is 3.03. The van der Waals surface area contributed by atoms with Crippen molar-refractivity contribution in [3.63, 3.8) is 0 Å². The summed E-state index contributed by atoms with van der Waals surface area (Å²) in [4.78, 5) is 0. The first-order chi connectivity index (χ1) is 7.90. The smallest absolute Gasteiger partial charge is 0.0462 e. The average molecular weight is 225 g/mol. The van der Waals surface area contributed by atoms with Gasteiger partial charge in [-0.25, -0.2) is 0 Å². The standard InChI is InChI=1S/C14H27NO/c1-16-10-4-7-12-5-2-3-6-13(12)11-15-14-8-9-14/h12-15H,2-11H2,1H3. The predicted octanol–water partition coefficient (Wildman–Crippen LogP) is 2.97. The third-order valence-corrected chi connectivity index (χ3v) is 4.24. The highest BCUT2D eigenvalue weighted by Gasteiger charge is 2.27. The minimum absolute atomic E-state index is 0.876. The number of hydrogen-bond donors (Lipinski definition) is 1. The SMILES string of the molecule is COCCCC1CCCCC1CNC1CC1. The van der Waals surface area contributed by atoms with E-state index in [-0.39, 0.29) is 0 Å². The summed E-state index contributed by atoms with van der Waals surface area (Å²) in [5.74, 6) is 1.92. The van der Waals surface area contributed by atoms with Crippen LogP contribution in [0.4, 0.5) is 0 Å². The molecule has 1 N–H and O–H groups in total. The van der Waals surface area contributed by atoms with Crippen LogP contribution in [0.15, 0.2) is 0 Å². The largest absolute Gasteiger partial charge is 0.385 e. The topological polar surface area (TPSA) is 21.3 Å². The molecule has 0 aromatic rings. The van der Waals surface area contributed by atoms with Gasteiger partial charge in [-0.3, -0.25) is 0 Å². The van der Waals surface area contributed by atoms with Crippen LogP contribution >= 0.6 is 0 Å². The van der Waals surface area contributed by atoms with Crippen LogP contribution in [0.1, 0.15) is 51.4 Å². The third-order valence-electron chi connectivity index (χ3n) is 4.24. The molecule has 16 heavy (non-hydrogen) atoms. The number of hydrogen-bond acceptors (Lipinski definition) is 2. The van der Waals surface area contributed by atoms with Crippen molar-refractivity contribution in [3.05, 3.63) is 0 Å². The van der Waals surface area contributed by atoms with Gasteiger partial charge in [0.15, 0.2) is 0 Å². The summed E-state index contributed by atoms with van der Waals surface area (Å²) in [6.45, 7) is 2.22. The van der Waals surface area contributed by atoms with Crippen molar-refractivity contribution in [1.82, 2.24) is 5.32 Å². The van der Waals surface area contributed by atoms with Crippen molar-refractivity contribution in [2.24, 2.45) is 11.8 Å². The normalized spacial score (nSPS) is 30.6. The molecular weight excluding hydrogens is 198 g/mol. The molecule has 2 heteroatoms. The second kappa shape index (κ2) is 6.61. The Morgan fingerprint density at radius 3 is 2.50 bits per heavy atom. The number of rotatable bonds is 7. The second-order valence-corrected chi connectivity index (χ2v) is 5.62. The number of methoxy groups -OCH3 is 1. The van der Waals surface area contributed by atoms with E-state index in [0.717, 1.165) is 24.5 Å². The highest BCUT2D eigenvalue weighted by molar-refractivity contribution is 4.84. The van der Waals surface area contributed by atoms with E-state index in [1.54, 1.807) is 0 Å². The van der Waals surface area contributed by atoms with E-state index in [1.165, 1.54) is 57.9 Å². The van der Waals surface area contributed by atoms with Gasteiger partial charge in [-0.1, -0.05) is 19.3 Å². The first kappa shape index (κ1) is 12.4. The van der Waals surface area contributed by atoms with Gasteiger partial charge in [0.2, 0.25) is 0 Å². The summed E-state index contributed by atoms with van der Waals surface area (Å²) in [6.07, 6.45) is 11.3. The summed E-state index contributed by atoms with van der Waals surface area (Å²) in [7, 11) is 1.81. The molecule has 2 aliphatic rings. The summed E-state index contributed by atoms with van der Waals surface area (Å²) in [5, 5.41) is 3.72. The molecule has 2 rings (SSSR count). The molecule has 94 valence electrons. The predicted molar refractivity (Wildman–Crippen MR) is 67.6 cm³/mol. The molecular formula is C14H27NO. The van der Waals surface area contributed by atoms with Crippen molar-refractivity contribution < 1.29 is 4.74 Å². The van der Waals surface area contributed by atoms with Crippen molar-refractivity contribution in [1.29, 1.82) is 0 Å². The molecule has 0 saturated heterocycles. The summed E-state index contributed by atoms with van der Waals surface area (Å²) >= 11 is 0. The van der Waals surface area contributed by atoms with E-state index in [1.807, 2.05) is 7.11 Å². The maximum Gasteiger partial charge on any atom is 0.0462 e. The van der Waals surface area contributed by atoms with Gasteiger partial charge < -0.3 is 10.1 Å². The molecule has 2 unspecified atom stereocenters. The van der Waals surface area contributed by atoms with Crippen LogP contribution in [0.3, 0.4) is 0 Å². The summed E-state index contributed by atoms with van der Waals surface area (Å²) in [5.41, 5.74) is 0. The van der Waals surface area contributed by atoms with Crippen LogP contribution in [-0.2, 0) is 4.74 Å². The monoisotopic (exact) mass is 225 g/mol. The molecule has 0 bridgehead atoms. The minimum atomic E-state index is 0.876. The zero-order valence-corrected chi connectivity index (χ0v) is 10.7. The molecule has 0 radical (unpaired) electrons. The molecule has 2 aliphatic carbocycles. The van der Waals surface area contributed by atoms with Crippen molar-refractivity contribution in [2.75, 3.05) is 20.3 Å². The molecule has 2 nitrogen and oxygen atoms in total. The lowest BCUT2D eigenvalue weighted by molar-refractivity contribution is 0.162. The Kier molecular flexibility index (Phi) is 5.11. The number of nitrogens with one attached hydrogen (secondary N) is 1. The fourth-order valence-corrected chi connectivity index (χ4v) is 3.03. The van der Waals surface area contributed by atoms with Crippen molar-refractivity contribution >= 4 is 0 Å². The Hall–Kier alpha value is -0.0800. The highest BCUT2D eigenvalue weighted by atomic mass is 16.5. The number of ether oxygens (including phenoxy) is 1. The quantitative estimate of drug-likeness (QED) is 0.673. The van der Waals surface area contributed by atoms with E-state index in [2.05, 4.69) is 5.32 Å². The molecule has 0 aliphatic heterocycles. The van der Waals surface area contributed by atoms with Gasteiger partial charge in [0.1, 0.15) is 0 Å². The van der Waals surface area contributed by atoms with Gasteiger partial charge >= 0.3 is 0 Å². The van der Waals surface area contributed by atoms with Crippen LogP contribution in [0, 0.1) is 11.8 Å². The Morgan fingerprint density at radius 1 is 1.06 bits per heavy atom. The van der Waals surface area contributed by atoms with Crippen LogP contribution in [-0.4, -0.2) is 26.3 Å². The minimum Gasteiger partial charge on any atom is -0.385 e. The summed E-state index contributed by atoms with van der Waals surface area (Å²) < 4.78 is 5.16. The highest BCUT2D eigenvalue weighted by Crippen LogP contribution is 2.33.